The molecule has 10 heteroatoms. The van der Waals surface area contributed by atoms with E-state index in [-0.39, 0.29) is 33.5 Å². The fourth-order valence-electron chi connectivity index (χ4n) is 2.76. The van der Waals surface area contributed by atoms with E-state index in [1.807, 2.05) is 0 Å². The predicted molar refractivity (Wildman–Crippen MR) is 101 cm³/mol. The van der Waals surface area contributed by atoms with Crippen LogP contribution in [0.2, 0.25) is 0 Å². The molecule has 3 N–H and O–H groups in total. The summed E-state index contributed by atoms with van der Waals surface area (Å²) >= 11 is 0. The molecule has 0 heterocycles. The number of nitrogens with one attached hydrogen (secondary N) is 1. The largest absolute Gasteiger partial charge is 0.507 e. The summed E-state index contributed by atoms with van der Waals surface area (Å²) in [5, 5.41) is 24.1. The summed E-state index contributed by atoms with van der Waals surface area (Å²) in [4.78, 5) is 22.7. The Labute approximate surface area is 159 Å². The van der Waals surface area contributed by atoms with Gasteiger partial charge in [-0.15, -0.1) is 0 Å². The molecule has 1 amide bonds. The zero-order valence-electron chi connectivity index (χ0n) is 14.4. The van der Waals surface area contributed by atoms with E-state index in [0.717, 1.165) is 12.1 Å². The number of carbonyl (C=O) groups excluding carboxylic acids is 1. The summed E-state index contributed by atoms with van der Waals surface area (Å²) in [5.41, 5.74) is 0.325. The fraction of sp³-hybridized carbons (Fsp3) is 0.0556. The highest BCUT2D eigenvalue weighted by molar-refractivity contribution is 7.85. The lowest BCUT2D eigenvalue weighted by atomic mass is 10.1. The van der Waals surface area contributed by atoms with Crippen LogP contribution in [0.25, 0.3) is 10.8 Å². The first-order valence-electron chi connectivity index (χ1n) is 7.87. The standard InChI is InChI=1S/C18H14N2O7S/c1-10-2-4-13(16(8-10)20(23)24)18(22)19-15-6-7-17(21)14-9-11(28(25,26)27)3-5-12(14)15/h2-9,21H,1H3,(H,19,22)(H,25,26,27). The molecule has 0 aliphatic heterocycles. The molecule has 0 saturated carbocycles. The molecule has 0 aromatic heterocycles. The highest BCUT2D eigenvalue weighted by atomic mass is 32.2. The minimum Gasteiger partial charge on any atom is -0.507 e. The Kier molecular flexibility index (Phi) is 4.75. The van der Waals surface area contributed by atoms with Crippen LogP contribution in [0.1, 0.15) is 15.9 Å². The van der Waals surface area contributed by atoms with Gasteiger partial charge in [-0.05, 0) is 42.8 Å². The number of anilines is 1. The number of nitro benzene ring substituents is 1. The van der Waals surface area contributed by atoms with Crippen molar-refractivity contribution in [2.45, 2.75) is 11.8 Å². The monoisotopic (exact) mass is 402 g/mol. The number of carbonyl (C=O) groups is 1. The molecule has 3 rings (SSSR count). The van der Waals surface area contributed by atoms with Gasteiger partial charge in [0, 0.05) is 22.5 Å². The summed E-state index contributed by atoms with van der Waals surface area (Å²) in [6.07, 6.45) is 0. The Morgan fingerprint density at radius 3 is 2.43 bits per heavy atom. The highest BCUT2D eigenvalue weighted by Crippen LogP contribution is 2.33. The topological polar surface area (TPSA) is 147 Å². The Hall–Kier alpha value is -3.50. The molecule has 9 nitrogen and oxygen atoms in total. The van der Waals surface area contributed by atoms with Gasteiger partial charge in [0.05, 0.1) is 9.82 Å². The van der Waals surface area contributed by atoms with Crippen molar-refractivity contribution in [2.24, 2.45) is 0 Å². The number of hydrogen-bond donors (Lipinski definition) is 3. The number of phenolic OH excluding ortho intramolecular Hbond substituents is 1. The van der Waals surface area contributed by atoms with Crippen molar-refractivity contribution in [2.75, 3.05) is 5.32 Å². The van der Waals surface area contributed by atoms with Gasteiger partial charge in [0.25, 0.3) is 21.7 Å². The maximum Gasteiger partial charge on any atom is 0.294 e. The Bertz CT molecular complexity index is 1240. The smallest absolute Gasteiger partial charge is 0.294 e. The van der Waals surface area contributed by atoms with Crippen LogP contribution in [0.5, 0.6) is 5.75 Å². The van der Waals surface area contributed by atoms with Crippen LogP contribution in [0.4, 0.5) is 11.4 Å². The highest BCUT2D eigenvalue weighted by Gasteiger charge is 2.21. The third kappa shape index (κ3) is 3.63. The third-order valence-corrected chi connectivity index (χ3v) is 4.96. The van der Waals surface area contributed by atoms with Crippen molar-refractivity contribution in [3.05, 3.63) is 69.8 Å². The second kappa shape index (κ2) is 6.91. The van der Waals surface area contributed by atoms with Gasteiger partial charge in [-0.3, -0.25) is 19.5 Å². The van der Waals surface area contributed by atoms with E-state index in [1.54, 1.807) is 13.0 Å². The van der Waals surface area contributed by atoms with Crippen LogP contribution < -0.4 is 5.32 Å². The van der Waals surface area contributed by atoms with Crippen molar-refractivity contribution >= 4 is 38.2 Å². The van der Waals surface area contributed by atoms with Crippen LogP contribution in [0, 0.1) is 17.0 Å². The maximum absolute atomic E-state index is 12.6. The number of hydrogen-bond acceptors (Lipinski definition) is 6. The second-order valence-electron chi connectivity index (χ2n) is 6.05. The first-order valence-corrected chi connectivity index (χ1v) is 9.31. The van der Waals surface area contributed by atoms with E-state index in [4.69, 9.17) is 4.55 Å². The first kappa shape index (κ1) is 19.3. The Morgan fingerprint density at radius 2 is 1.79 bits per heavy atom. The van der Waals surface area contributed by atoms with Crippen LogP contribution >= 0.6 is 0 Å². The number of amides is 1. The van der Waals surface area contributed by atoms with Crippen molar-refractivity contribution in [1.29, 1.82) is 0 Å². The van der Waals surface area contributed by atoms with Gasteiger partial charge in [-0.25, -0.2) is 0 Å². The van der Waals surface area contributed by atoms with E-state index >= 15 is 0 Å². The van der Waals surface area contributed by atoms with E-state index in [1.165, 1.54) is 30.3 Å². The molecule has 28 heavy (non-hydrogen) atoms. The summed E-state index contributed by atoms with van der Waals surface area (Å²) in [5.74, 6) is -1.00. The zero-order chi connectivity index (χ0) is 20.6. The predicted octanol–water partition coefficient (Wildman–Crippen LogP) is 3.26. The van der Waals surface area contributed by atoms with Gasteiger partial charge < -0.3 is 10.4 Å². The van der Waals surface area contributed by atoms with Gasteiger partial charge in [0.15, 0.2) is 0 Å². The molecule has 0 radical (unpaired) electrons. The Morgan fingerprint density at radius 1 is 1.07 bits per heavy atom. The average molecular weight is 402 g/mol. The maximum atomic E-state index is 12.6. The molecule has 3 aromatic rings. The minimum atomic E-state index is -4.48. The second-order valence-corrected chi connectivity index (χ2v) is 7.47. The van der Waals surface area contributed by atoms with Crippen molar-refractivity contribution in [1.82, 2.24) is 0 Å². The summed E-state index contributed by atoms with van der Waals surface area (Å²) in [6.45, 7) is 1.66. The van der Waals surface area contributed by atoms with Gasteiger partial charge >= 0.3 is 0 Å². The minimum absolute atomic E-state index is 0.0753. The number of aromatic hydroxyl groups is 1. The number of rotatable bonds is 4. The van der Waals surface area contributed by atoms with Gasteiger partial charge in [0.2, 0.25) is 0 Å². The normalized spacial score (nSPS) is 11.4. The number of aryl methyl sites for hydroxylation is 1. The first-order chi connectivity index (χ1) is 13.1. The number of benzene rings is 3. The van der Waals surface area contributed by atoms with Gasteiger partial charge in [-0.2, -0.15) is 8.42 Å². The lowest BCUT2D eigenvalue weighted by Crippen LogP contribution is -2.14. The molecule has 0 saturated heterocycles. The molecule has 0 bridgehead atoms. The van der Waals surface area contributed by atoms with E-state index in [9.17, 15) is 28.4 Å². The van der Waals surface area contributed by atoms with Gasteiger partial charge in [0.1, 0.15) is 11.3 Å². The van der Waals surface area contributed by atoms with Crippen molar-refractivity contribution < 1.29 is 27.8 Å². The number of phenols is 1. The summed E-state index contributed by atoms with van der Waals surface area (Å²) < 4.78 is 31.8. The van der Waals surface area contributed by atoms with E-state index < -0.39 is 25.8 Å². The molecule has 0 aliphatic carbocycles. The van der Waals surface area contributed by atoms with Crippen LogP contribution in [0.3, 0.4) is 0 Å². The summed E-state index contributed by atoms with van der Waals surface area (Å²) in [6, 6.07) is 10.3. The van der Waals surface area contributed by atoms with Crippen LogP contribution in [-0.2, 0) is 10.1 Å². The molecule has 0 spiro atoms. The number of nitrogens with zero attached hydrogens (tertiary/aromatic N) is 1. The van der Waals surface area contributed by atoms with Crippen molar-refractivity contribution in [3.8, 4) is 5.75 Å². The molecular formula is C18H14N2O7S. The zero-order valence-corrected chi connectivity index (χ0v) is 15.2. The quantitative estimate of drug-likeness (QED) is 0.263. The molecule has 144 valence electrons. The molecular weight excluding hydrogens is 388 g/mol. The SMILES string of the molecule is Cc1ccc(C(=O)Nc2ccc(O)c3cc(S(=O)(=O)O)ccc23)c([N+](=O)[O-])c1. The molecule has 0 aliphatic rings. The lowest BCUT2D eigenvalue weighted by Gasteiger charge is -2.11. The fourth-order valence-corrected chi connectivity index (χ4v) is 3.26. The number of nitro groups is 1. The Balaban J connectivity index is 2.07. The molecule has 3 aromatic carbocycles. The molecule has 0 atom stereocenters. The van der Waals surface area contributed by atoms with Crippen LogP contribution in [0.15, 0.2) is 53.4 Å². The molecule has 0 unspecified atom stereocenters. The number of fused-ring (bicyclic) bond motifs is 1. The average Bonchev–Trinajstić information content (AvgIpc) is 2.62. The molecule has 0 fully saturated rings. The van der Waals surface area contributed by atoms with E-state index in [2.05, 4.69) is 5.32 Å². The van der Waals surface area contributed by atoms with Crippen molar-refractivity contribution in [3.63, 3.8) is 0 Å². The third-order valence-electron chi connectivity index (χ3n) is 4.11. The van der Waals surface area contributed by atoms with E-state index in [0.29, 0.717) is 5.56 Å². The lowest BCUT2D eigenvalue weighted by molar-refractivity contribution is -0.385. The van der Waals surface area contributed by atoms with Gasteiger partial charge in [-0.1, -0.05) is 12.1 Å². The summed E-state index contributed by atoms with van der Waals surface area (Å²) in [7, 11) is -4.48. The van der Waals surface area contributed by atoms with Crippen LogP contribution in [-0.4, -0.2) is 28.9 Å².